The Labute approximate surface area is 130 Å². The maximum atomic E-state index is 12.6. The Morgan fingerprint density at radius 3 is 2.67 bits per heavy atom. The smallest absolute Gasteiger partial charge is 0.254 e. The number of benzene rings is 1. The monoisotopic (exact) mass is 308 g/mol. The van der Waals surface area contributed by atoms with Crippen LogP contribution < -0.4 is 0 Å². The summed E-state index contributed by atoms with van der Waals surface area (Å²) >= 11 is 5.94. The molecular weight excluding hydrogens is 288 g/mol. The van der Waals surface area contributed by atoms with Crippen molar-refractivity contribution < 1.29 is 9.59 Å². The molecule has 1 heterocycles. The molecule has 114 valence electrons. The van der Waals surface area contributed by atoms with E-state index in [0.29, 0.717) is 30.2 Å². The van der Waals surface area contributed by atoms with Gasteiger partial charge >= 0.3 is 0 Å². The summed E-state index contributed by atoms with van der Waals surface area (Å²) in [5.41, 5.74) is 0.543. The first-order valence-electron chi connectivity index (χ1n) is 7.43. The lowest BCUT2D eigenvalue weighted by atomic mass is 10.1. The van der Waals surface area contributed by atoms with E-state index in [4.69, 9.17) is 11.6 Å². The van der Waals surface area contributed by atoms with E-state index < -0.39 is 0 Å². The minimum Gasteiger partial charge on any atom is -0.341 e. The standard InChI is InChI=1S/C16H21ClN2O2/c1-3-18(4-2)16(21)14-9-6-10-19(14)15(20)12-7-5-8-13(17)11-12/h5,7-8,11,14H,3-4,6,9-10H2,1-2H3/t14-/m1/s1. The van der Waals surface area contributed by atoms with Gasteiger partial charge in [-0.25, -0.2) is 0 Å². The van der Waals surface area contributed by atoms with Crippen LogP contribution >= 0.6 is 11.6 Å². The van der Waals surface area contributed by atoms with Gasteiger partial charge in [0.1, 0.15) is 6.04 Å². The number of likely N-dealkylation sites (N-methyl/N-ethyl adjacent to an activating group) is 1. The van der Waals surface area contributed by atoms with Crippen LogP contribution in [-0.2, 0) is 4.79 Å². The first-order chi connectivity index (χ1) is 10.1. The molecule has 1 aliphatic heterocycles. The summed E-state index contributed by atoms with van der Waals surface area (Å²) < 4.78 is 0. The van der Waals surface area contributed by atoms with Crippen LogP contribution in [0.15, 0.2) is 24.3 Å². The van der Waals surface area contributed by atoms with Crippen LogP contribution in [-0.4, -0.2) is 47.3 Å². The second-order valence-electron chi connectivity index (χ2n) is 5.18. The number of hydrogen-bond acceptors (Lipinski definition) is 2. The van der Waals surface area contributed by atoms with Crippen molar-refractivity contribution in [3.63, 3.8) is 0 Å². The number of nitrogens with zero attached hydrogens (tertiary/aromatic N) is 2. The molecule has 0 unspecified atom stereocenters. The zero-order valence-corrected chi connectivity index (χ0v) is 13.3. The Bertz CT molecular complexity index is 529. The number of carbonyl (C=O) groups excluding carboxylic acids is 2. The third-order valence-electron chi connectivity index (χ3n) is 3.95. The molecule has 0 aromatic heterocycles. The van der Waals surface area contributed by atoms with Crippen molar-refractivity contribution in [3.05, 3.63) is 34.9 Å². The largest absolute Gasteiger partial charge is 0.341 e. The van der Waals surface area contributed by atoms with Crippen molar-refractivity contribution in [3.8, 4) is 0 Å². The first kappa shape index (κ1) is 15.8. The zero-order chi connectivity index (χ0) is 15.4. The van der Waals surface area contributed by atoms with E-state index in [9.17, 15) is 9.59 Å². The molecule has 21 heavy (non-hydrogen) atoms. The van der Waals surface area contributed by atoms with Crippen LogP contribution in [0.2, 0.25) is 5.02 Å². The molecule has 4 nitrogen and oxygen atoms in total. The molecule has 2 rings (SSSR count). The average molecular weight is 309 g/mol. The van der Waals surface area contributed by atoms with Gasteiger partial charge in [-0.1, -0.05) is 17.7 Å². The predicted molar refractivity (Wildman–Crippen MR) is 83.4 cm³/mol. The molecular formula is C16H21ClN2O2. The van der Waals surface area contributed by atoms with Gasteiger partial charge in [-0.3, -0.25) is 9.59 Å². The van der Waals surface area contributed by atoms with Crippen molar-refractivity contribution >= 4 is 23.4 Å². The average Bonchev–Trinajstić information content (AvgIpc) is 2.97. The fourth-order valence-electron chi connectivity index (χ4n) is 2.80. The predicted octanol–water partition coefficient (Wildman–Crippen LogP) is 2.81. The van der Waals surface area contributed by atoms with Crippen LogP contribution in [0.25, 0.3) is 0 Å². The van der Waals surface area contributed by atoms with Gasteiger partial charge in [0.2, 0.25) is 5.91 Å². The molecule has 0 radical (unpaired) electrons. The summed E-state index contributed by atoms with van der Waals surface area (Å²) in [6.07, 6.45) is 1.60. The Morgan fingerprint density at radius 1 is 1.33 bits per heavy atom. The summed E-state index contributed by atoms with van der Waals surface area (Å²) in [6.45, 7) is 5.89. The van der Waals surface area contributed by atoms with E-state index in [-0.39, 0.29) is 17.9 Å². The van der Waals surface area contributed by atoms with Gasteiger partial charge in [0.15, 0.2) is 0 Å². The van der Waals surface area contributed by atoms with Gasteiger partial charge in [0, 0.05) is 30.2 Å². The maximum Gasteiger partial charge on any atom is 0.254 e. The van der Waals surface area contributed by atoms with Crippen LogP contribution in [0, 0.1) is 0 Å². The quantitative estimate of drug-likeness (QED) is 0.858. The third-order valence-corrected chi connectivity index (χ3v) is 4.18. The molecule has 2 amide bonds. The number of hydrogen-bond donors (Lipinski definition) is 0. The lowest BCUT2D eigenvalue weighted by molar-refractivity contribution is -0.134. The van der Waals surface area contributed by atoms with E-state index in [1.165, 1.54) is 0 Å². The van der Waals surface area contributed by atoms with Crippen LogP contribution in [0.3, 0.4) is 0 Å². The molecule has 0 saturated carbocycles. The molecule has 0 bridgehead atoms. The van der Waals surface area contributed by atoms with Crippen molar-refractivity contribution in [2.24, 2.45) is 0 Å². The summed E-state index contributed by atoms with van der Waals surface area (Å²) in [7, 11) is 0. The minimum atomic E-state index is -0.337. The molecule has 1 atom stereocenters. The van der Waals surface area contributed by atoms with Crippen LogP contribution in [0.4, 0.5) is 0 Å². The molecule has 1 aromatic rings. The highest BCUT2D eigenvalue weighted by Crippen LogP contribution is 2.23. The highest BCUT2D eigenvalue weighted by atomic mass is 35.5. The van der Waals surface area contributed by atoms with E-state index in [1.807, 2.05) is 13.8 Å². The molecule has 0 N–H and O–H groups in total. The van der Waals surface area contributed by atoms with Gasteiger partial charge in [-0.2, -0.15) is 0 Å². The highest BCUT2D eigenvalue weighted by Gasteiger charge is 2.36. The van der Waals surface area contributed by atoms with Crippen LogP contribution in [0.1, 0.15) is 37.0 Å². The van der Waals surface area contributed by atoms with E-state index in [0.717, 1.165) is 12.8 Å². The maximum absolute atomic E-state index is 12.6. The Hall–Kier alpha value is -1.55. The Balaban J connectivity index is 2.18. The fourth-order valence-corrected chi connectivity index (χ4v) is 2.99. The molecule has 1 aromatic carbocycles. The Kier molecular flexibility index (Phi) is 5.23. The number of likely N-dealkylation sites (tertiary alicyclic amines) is 1. The van der Waals surface area contributed by atoms with Gasteiger partial charge in [0.05, 0.1) is 0 Å². The summed E-state index contributed by atoms with van der Waals surface area (Å²) in [5.74, 6) is -0.0617. The minimum absolute atomic E-state index is 0.0490. The molecule has 0 aliphatic carbocycles. The lowest BCUT2D eigenvalue weighted by Crippen LogP contribution is -2.47. The number of amides is 2. The molecule has 0 spiro atoms. The number of halogens is 1. The van der Waals surface area contributed by atoms with Crippen molar-refractivity contribution in [1.82, 2.24) is 9.80 Å². The SMILES string of the molecule is CCN(CC)C(=O)[C@H]1CCCN1C(=O)c1cccc(Cl)c1. The normalized spacial score (nSPS) is 17.9. The van der Waals surface area contributed by atoms with Crippen molar-refractivity contribution in [2.45, 2.75) is 32.7 Å². The fraction of sp³-hybridized carbons (Fsp3) is 0.500. The van der Waals surface area contributed by atoms with Gasteiger partial charge in [0.25, 0.3) is 5.91 Å². The highest BCUT2D eigenvalue weighted by molar-refractivity contribution is 6.31. The van der Waals surface area contributed by atoms with E-state index in [1.54, 1.807) is 34.1 Å². The van der Waals surface area contributed by atoms with Crippen molar-refractivity contribution in [1.29, 1.82) is 0 Å². The van der Waals surface area contributed by atoms with E-state index in [2.05, 4.69) is 0 Å². The number of rotatable bonds is 4. The molecule has 1 fully saturated rings. The molecule has 1 aliphatic rings. The second-order valence-corrected chi connectivity index (χ2v) is 5.61. The number of carbonyl (C=O) groups is 2. The summed E-state index contributed by atoms with van der Waals surface area (Å²) in [6, 6.07) is 6.55. The summed E-state index contributed by atoms with van der Waals surface area (Å²) in [4.78, 5) is 28.6. The first-order valence-corrected chi connectivity index (χ1v) is 7.81. The zero-order valence-electron chi connectivity index (χ0n) is 12.5. The van der Waals surface area contributed by atoms with Gasteiger partial charge < -0.3 is 9.80 Å². The van der Waals surface area contributed by atoms with Crippen molar-refractivity contribution in [2.75, 3.05) is 19.6 Å². The lowest BCUT2D eigenvalue weighted by Gasteiger charge is -2.29. The van der Waals surface area contributed by atoms with E-state index >= 15 is 0 Å². The second kappa shape index (κ2) is 6.94. The molecule has 1 saturated heterocycles. The van der Waals surface area contributed by atoms with Gasteiger partial charge in [-0.15, -0.1) is 0 Å². The summed E-state index contributed by atoms with van der Waals surface area (Å²) in [5, 5.41) is 0.534. The van der Waals surface area contributed by atoms with Gasteiger partial charge in [-0.05, 0) is 44.9 Å². The molecule has 5 heteroatoms. The third kappa shape index (κ3) is 3.38. The topological polar surface area (TPSA) is 40.6 Å². The Morgan fingerprint density at radius 2 is 2.05 bits per heavy atom. The van der Waals surface area contributed by atoms with Crippen LogP contribution in [0.5, 0.6) is 0 Å².